The molecule has 0 aliphatic carbocycles. The third-order valence-corrected chi connectivity index (χ3v) is 7.41. The van der Waals surface area contributed by atoms with E-state index in [4.69, 9.17) is 11.6 Å². The van der Waals surface area contributed by atoms with Crippen molar-refractivity contribution in [3.05, 3.63) is 118 Å². The van der Waals surface area contributed by atoms with Crippen molar-refractivity contribution in [2.45, 2.75) is 51.4 Å². The molecule has 0 nitrogen and oxygen atoms in total. The second-order valence-corrected chi connectivity index (χ2v) is 10.0. The van der Waals surface area contributed by atoms with Crippen LogP contribution in [0.1, 0.15) is 59.9 Å². The van der Waals surface area contributed by atoms with Crippen molar-refractivity contribution in [1.29, 1.82) is 0 Å². The summed E-state index contributed by atoms with van der Waals surface area (Å²) in [5, 5.41) is 0.805. The normalized spacial score (nSPS) is 11.9. The van der Waals surface area contributed by atoms with Crippen LogP contribution < -0.4 is 0 Å². The number of halogens is 1. The number of rotatable bonds is 13. The van der Waals surface area contributed by atoms with Crippen molar-refractivity contribution in [1.82, 2.24) is 0 Å². The molecule has 0 aliphatic heterocycles. The molecule has 0 radical (unpaired) electrons. The SMILES string of the molecule is C=CCc1ccc(CCCSCCCC(c2ccc(Cl)cc2)c2ccc(CC)cc2)cc1. The maximum Gasteiger partial charge on any atom is 0.0406 e. The molecule has 3 aromatic carbocycles. The lowest BCUT2D eigenvalue weighted by atomic mass is 9.87. The first-order chi connectivity index (χ1) is 15.7. The molecule has 1 unspecified atom stereocenters. The molecule has 0 bridgehead atoms. The summed E-state index contributed by atoms with van der Waals surface area (Å²) in [4.78, 5) is 0. The molecular weight excluding hydrogens is 428 g/mol. The van der Waals surface area contributed by atoms with E-state index in [9.17, 15) is 0 Å². The first-order valence-corrected chi connectivity index (χ1v) is 13.3. The largest absolute Gasteiger partial charge is 0.162 e. The van der Waals surface area contributed by atoms with Gasteiger partial charge in [-0.2, -0.15) is 11.8 Å². The lowest BCUT2D eigenvalue weighted by molar-refractivity contribution is 0.702. The molecule has 0 fully saturated rings. The number of hydrogen-bond donors (Lipinski definition) is 0. The van der Waals surface area contributed by atoms with Gasteiger partial charge in [0.05, 0.1) is 0 Å². The summed E-state index contributed by atoms with van der Waals surface area (Å²) in [5.74, 6) is 2.88. The number of thioether (sulfide) groups is 1. The molecule has 0 aromatic heterocycles. The van der Waals surface area contributed by atoms with Gasteiger partial charge in [-0.3, -0.25) is 0 Å². The smallest absolute Gasteiger partial charge is 0.0406 e. The Kier molecular flexibility index (Phi) is 10.5. The Morgan fingerprint density at radius 1 is 0.781 bits per heavy atom. The van der Waals surface area contributed by atoms with E-state index in [1.165, 1.54) is 65.0 Å². The zero-order valence-corrected chi connectivity index (χ0v) is 20.8. The average Bonchev–Trinajstić information content (AvgIpc) is 2.83. The monoisotopic (exact) mass is 462 g/mol. The summed E-state index contributed by atoms with van der Waals surface area (Å²) in [6, 6.07) is 26.6. The molecule has 3 rings (SSSR count). The van der Waals surface area contributed by atoms with Gasteiger partial charge in [-0.25, -0.2) is 0 Å². The van der Waals surface area contributed by atoms with Crippen molar-refractivity contribution < 1.29 is 0 Å². The Morgan fingerprint density at radius 2 is 1.34 bits per heavy atom. The Hall–Kier alpha value is -1.96. The fourth-order valence-corrected chi connectivity index (χ4v) is 5.13. The molecule has 3 aromatic rings. The third-order valence-electron chi connectivity index (χ3n) is 6.00. The highest BCUT2D eigenvalue weighted by molar-refractivity contribution is 7.99. The van der Waals surface area contributed by atoms with E-state index >= 15 is 0 Å². The first-order valence-electron chi connectivity index (χ1n) is 11.8. The lowest BCUT2D eigenvalue weighted by Crippen LogP contribution is -2.02. The van der Waals surface area contributed by atoms with Crippen LogP contribution in [-0.2, 0) is 19.3 Å². The minimum Gasteiger partial charge on any atom is -0.162 e. The van der Waals surface area contributed by atoms with Gasteiger partial charge < -0.3 is 0 Å². The van der Waals surface area contributed by atoms with E-state index < -0.39 is 0 Å². The van der Waals surface area contributed by atoms with Crippen LogP contribution in [0, 0.1) is 0 Å². The van der Waals surface area contributed by atoms with Crippen LogP contribution >= 0.6 is 23.4 Å². The summed E-state index contributed by atoms with van der Waals surface area (Å²) in [6.45, 7) is 6.02. The summed E-state index contributed by atoms with van der Waals surface area (Å²) >= 11 is 8.23. The molecule has 0 saturated heterocycles. The van der Waals surface area contributed by atoms with Crippen molar-refractivity contribution >= 4 is 23.4 Å². The zero-order chi connectivity index (χ0) is 22.6. The second kappa shape index (κ2) is 13.6. The van der Waals surface area contributed by atoms with Gasteiger partial charge in [0.15, 0.2) is 0 Å². The molecule has 0 heterocycles. The molecule has 0 spiro atoms. The standard InChI is InChI=1S/C30H35ClS/c1-3-7-25-10-12-26(13-11-25)8-5-22-32-23-6-9-30(28-18-20-29(31)21-19-28)27-16-14-24(4-2)15-17-27/h3,10-21,30H,1,4-9,22-23H2,2H3. The van der Waals surface area contributed by atoms with E-state index in [0.29, 0.717) is 5.92 Å². The summed E-state index contributed by atoms with van der Waals surface area (Å²) < 4.78 is 0. The van der Waals surface area contributed by atoms with Crippen molar-refractivity contribution in [2.75, 3.05) is 11.5 Å². The zero-order valence-electron chi connectivity index (χ0n) is 19.2. The molecule has 0 saturated carbocycles. The second-order valence-electron chi connectivity index (χ2n) is 8.37. The average molecular weight is 463 g/mol. The first kappa shape index (κ1) is 24.7. The molecule has 1 atom stereocenters. The third kappa shape index (κ3) is 7.87. The van der Waals surface area contributed by atoms with Crippen LogP contribution in [0.25, 0.3) is 0 Å². The molecule has 2 heteroatoms. The van der Waals surface area contributed by atoms with Crippen LogP contribution in [0.5, 0.6) is 0 Å². The predicted molar refractivity (Wildman–Crippen MR) is 144 cm³/mol. The minimum absolute atomic E-state index is 0.438. The summed E-state index contributed by atoms with van der Waals surface area (Å²) in [5.41, 5.74) is 6.96. The summed E-state index contributed by atoms with van der Waals surface area (Å²) in [6.07, 6.45) is 8.80. The fraction of sp³-hybridized carbons (Fsp3) is 0.333. The Labute approximate surface area is 204 Å². The topological polar surface area (TPSA) is 0 Å². The highest BCUT2D eigenvalue weighted by Crippen LogP contribution is 2.31. The molecule has 0 aliphatic rings. The van der Waals surface area contributed by atoms with Gasteiger partial charge in [0.1, 0.15) is 0 Å². The van der Waals surface area contributed by atoms with Gasteiger partial charge in [-0.1, -0.05) is 85.3 Å². The maximum absolute atomic E-state index is 6.14. The quantitative estimate of drug-likeness (QED) is 0.180. The van der Waals surface area contributed by atoms with Gasteiger partial charge in [0.2, 0.25) is 0 Å². The van der Waals surface area contributed by atoms with Crippen molar-refractivity contribution in [3.8, 4) is 0 Å². The maximum atomic E-state index is 6.14. The molecule has 0 amide bonds. The highest BCUT2D eigenvalue weighted by Gasteiger charge is 2.14. The van der Waals surface area contributed by atoms with Gasteiger partial charge in [0, 0.05) is 10.9 Å². The van der Waals surface area contributed by atoms with Crippen LogP contribution in [0.4, 0.5) is 0 Å². The van der Waals surface area contributed by atoms with E-state index in [2.05, 4.69) is 85.9 Å². The number of benzene rings is 3. The molecule has 32 heavy (non-hydrogen) atoms. The van der Waals surface area contributed by atoms with Crippen molar-refractivity contribution in [3.63, 3.8) is 0 Å². The molecule has 0 N–H and O–H groups in total. The Morgan fingerprint density at radius 3 is 1.97 bits per heavy atom. The summed E-state index contributed by atoms with van der Waals surface area (Å²) in [7, 11) is 0. The Bertz CT molecular complexity index is 926. The van der Waals surface area contributed by atoms with Gasteiger partial charge >= 0.3 is 0 Å². The highest BCUT2D eigenvalue weighted by atomic mass is 35.5. The van der Waals surface area contributed by atoms with E-state index in [-0.39, 0.29) is 0 Å². The van der Waals surface area contributed by atoms with Gasteiger partial charge in [-0.15, -0.1) is 6.58 Å². The van der Waals surface area contributed by atoms with Gasteiger partial charge in [0.25, 0.3) is 0 Å². The van der Waals surface area contributed by atoms with E-state index in [0.717, 1.165) is 17.9 Å². The van der Waals surface area contributed by atoms with Crippen LogP contribution in [0.3, 0.4) is 0 Å². The number of hydrogen-bond acceptors (Lipinski definition) is 1. The number of allylic oxidation sites excluding steroid dienone is 1. The van der Waals surface area contributed by atoms with E-state index in [1.807, 2.05) is 18.2 Å². The van der Waals surface area contributed by atoms with Crippen LogP contribution in [0.15, 0.2) is 85.5 Å². The Balaban J connectivity index is 1.45. The number of aryl methyl sites for hydroxylation is 2. The fourth-order valence-electron chi connectivity index (χ4n) is 4.09. The predicted octanol–water partition coefficient (Wildman–Crippen LogP) is 8.91. The van der Waals surface area contributed by atoms with Crippen molar-refractivity contribution in [2.24, 2.45) is 0 Å². The molecular formula is C30H35ClS. The van der Waals surface area contributed by atoms with Crippen LogP contribution in [0.2, 0.25) is 5.02 Å². The van der Waals surface area contributed by atoms with E-state index in [1.54, 1.807) is 0 Å². The minimum atomic E-state index is 0.438. The lowest BCUT2D eigenvalue weighted by Gasteiger charge is -2.19. The molecule has 168 valence electrons. The van der Waals surface area contributed by atoms with Gasteiger partial charge in [-0.05, 0) is 90.0 Å². The van der Waals surface area contributed by atoms with Crippen LogP contribution in [-0.4, -0.2) is 11.5 Å².